The minimum Gasteiger partial charge on any atom is -0.367 e. The first-order chi connectivity index (χ1) is 10.6. The summed E-state index contributed by atoms with van der Waals surface area (Å²) in [6.45, 7) is 5.65. The number of rotatable bonds is 3. The number of hydrogen-bond donors (Lipinski definition) is 0. The Hall–Kier alpha value is -2.01. The van der Waals surface area contributed by atoms with Crippen LogP contribution in [0.5, 0.6) is 0 Å². The average molecular weight is 301 g/mol. The van der Waals surface area contributed by atoms with E-state index in [0.29, 0.717) is 37.6 Å². The molecular weight excluding hydrogens is 281 g/mol. The Morgan fingerprint density at radius 1 is 1.27 bits per heavy atom. The summed E-state index contributed by atoms with van der Waals surface area (Å²) in [6, 6.07) is 10.0. The van der Waals surface area contributed by atoms with Crippen LogP contribution in [0.3, 0.4) is 0 Å². The fourth-order valence-electron chi connectivity index (χ4n) is 2.88. The highest BCUT2D eigenvalue weighted by atomic mass is 19.1. The van der Waals surface area contributed by atoms with Crippen molar-refractivity contribution in [3.63, 3.8) is 0 Å². The topological polar surface area (TPSA) is 38.2 Å². The Morgan fingerprint density at radius 2 is 2.05 bits per heavy atom. The molecule has 2 heterocycles. The zero-order valence-electron chi connectivity index (χ0n) is 12.9. The van der Waals surface area contributed by atoms with Crippen LogP contribution in [0.1, 0.15) is 25.1 Å². The fraction of sp³-hybridized carbons (Fsp3) is 0.412. The Bertz CT molecular complexity index is 650. The van der Waals surface area contributed by atoms with Crippen molar-refractivity contribution in [2.45, 2.75) is 25.9 Å². The van der Waals surface area contributed by atoms with Crippen LogP contribution in [-0.2, 0) is 16.8 Å². The molecule has 1 fully saturated rings. The molecule has 0 N–H and O–H groups in total. The molecule has 116 valence electrons. The maximum atomic E-state index is 14.5. The fourth-order valence-corrected chi connectivity index (χ4v) is 2.88. The van der Waals surface area contributed by atoms with E-state index in [4.69, 9.17) is 4.74 Å². The van der Waals surface area contributed by atoms with Crippen LogP contribution in [0.25, 0.3) is 0 Å². The van der Waals surface area contributed by atoms with Gasteiger partial charge in [0.25, 0.3) is 0 Å². The first-order valence-electron chi connectivity index (χ1n) is 7.58. The van der Waals surface area contributed by atoms with E-state index in [0.717, 1.165) is 5.56 Å². The van der Waals surface area contributed by atoms with Crippen molar-refractivity contribution in [3.8, 4) is 0 Å². The molecule has 22 heavy (non-hydrogen) atoms. The van der Waals surface area contributed by atoms with Crippen LogP contribution < -0.4 is 4.90 Å². The summed E-state index contributed by atoms with van der Waals surface area (Å²) in [6.07, 6.45) is 1.99. The summed E-state index contributed by atoms with van der Waals surface area (Å²) in [5.41, 5.74) is 1.08. The smallest absolute Gasteiger partial charge is 0.187 e. The van der Waals surface area contributed by atoms with Gasteiger partial charge < -0.3 is 9.64 Å². The lowest BCUT2D eigenvalue weighted by Gasteiger charge is -2.41. The molecule has 0 radical (unpaired) electrons. The number of aryl methyl sites for hydroxylation is 1. The number of anilines is 1. The van der Waals surface area contributed by atoms with Crippen molar-refractivity contribution in [1.82, 2.24) is 9.97 Å². The molecule has 2 aromatic rings. The molecule has 0 bridgehead atoms. The van der Waals surface area contributed by atoms with Gasteiger partial charge >= 0.3 is 0 Å². The summed E-state index contributed by atoms with van der Waals surface area (Å²) >= 11 is 0. The number of benzene rings is 1. The second kappa shape index (κ2) is 6.01. The van der Waals surface area contributed by atoms with Gasteiger partial charge in [0, 0.05) is 6.54 Å². The number of morpholine rings is 1. The molecule has 5 heteroatoms. The maximum Gasteiger partial charge on any atom is 0.187 e. The summed E-state index contributed by atoms with van der Waals surface area (Å²) in [5, 5.41) is 0. The standard InChI is InChI=1S/C17H20FN3O/c1-3-14-15(18)16(20-12-19-14)21-9-10-22-17(2,11-21)13-7-5-4-6-8-13/h4-8,12H,3,9-11H2,1-2H3. The van der Waals surface area contributed by atoms with Gasteiger partial charge in [-0.25, -0.2) is 14.4 Å². The minimum atomic E-state index is -0.469. The Morgan fingerprint density at radius 3 is 2.77 bits per heavy atom. The second-order valence-corrected chi connectivity index (χ2v) is 5.68. The number of hydrogen-bond acceptors (Lipinski definition) is 4. The minimum absolute atomic E-state index is 0.317. The van der Waals surface area contributed by atoms with E-state index >= 15 is 0 Å². The molecule has 3 rings (SSSR count). The van der Waals surface area contributed by atoms with Crippen LogP contribution in [0, 0.1) is 5.82 Å². The summed E-state index contributed by atoms with van der Waals surface area (Å²) in [5.74, 6) is 0.0552. The largest absolute Gasteiger partial charge is 0.367 e. The van der Waals surface area contributed by atoms with Gasteiger partial charge in [-0.1, -0.05) is 37.3 Å². The van der Waals surface area contributed by atoms with Crippen molar-refractivity contribution < 1.29 is 9.13 Å². The van der Waals surface area contributed by atoms with Gasteiger partial charge in [-0.05, 0) is 18.9 Å². The third-order valence-corrected chi connectivity index (χ3v) is 4.14. The first-order valence-corrected chi connectivity index (χ1v) is 7.58. The molecule has 4 nitrogen and oxygen atoms in total. The molecular formula is C17H20FN3O. The van der Waals surface area contributed by atoms with E-state index in [1.54, 1.807) is 0 Å². The van der Waals surface area contributed by atoms with Gasteiger partial charge in [-0.15, -0.1) is 0 Å². The normalized spacial score (nSPS) is 21.9. The lowest BCUT2D eigenvalue weighted by atomic mass is 9.94. The van der Waals surface area contributed by atoms with Crippen molar-refractivity contribution >= 4 is 5.82 Å². The predicted molar refractivity (Wildman–Crippen MR) is 83.3 cm³/mol. The van der Waals surface area contributed by atoms with E-state index in [-0.39, 0.29) is 5.82 Å². The summed E-state index contributed by atoms with van der Waals surface area (Å²) in [4.78, 5) is 10.1. The van der Waals surface area contributed by atoms with Crippen LogP contribution in [-0.4, -0.2) is 29.7 Å². The van der Waals surface area contributed by atoms with E-state index < -0.39 is 5.60 Å². The molecule has 1 unspecified atom stereocenters. The molecule has 0 aliphatic carbocycles. The van der Waals surface area contributed by atoms with Gasteiger partial charge in [-0.2, -0.15) is 0 Å². The van der Waals surface area contributed by atoms with E-state index in [9.17, 15) is 4.39 Å². The zero-order chi connectivity index (χ0) is 15.6. The van der Waals surface area contributed by atoms with Crippen LogP contribution in [0.15, 0.2) is 36.7 Å². The number of nitrogens with zero attached hydrogens (tertiary/aromatic N) is 3. The van der Waals surface area contributed by atoms with E-state index in [1.807, 2.05) is 49.1 Å². The molecule has 1 atom stereocenters. The summed E-state index contributed by atoms with van der Waals surface area (Å²) in [7, 11) is 0. The van der Waals surface area contributed by atoms with E-state index in [2.05, 4.69) is 9.97 Å². The van der Waals surface area contributed by atoms with Crippen LogP contribution in [0.4, 0.5) is 10.2 Å². The molecule has 0 amide bonds. The van der Waals surface area contributed by atoms with Crippen molar-refractivity contribution in [1.29, 1.82) is 0 Å². The highest BCUT2D eigenvalue weighted by Crippen LogP contribution is 2.32. The Kier molecular flexibility index (Phi) is 4.07. The number of halogens is 1. The molecule has 1 aliphatic heterocycles. The molecule has 1 aromatic heterocycles. The number of ether oxygens (including phenoxy) is 1. The predicted octanol–water partition coefficient (Wildman–Crippen LogP) is 2.93. The highest BCUT2D eigenvalue weighted by molar-refractivity contribution is 5.43. The van der Waals surface area contributed by atoms with Crippen molar-refractivity contribution in [3.05, 3.63) is 53.7 Å². The third kappa shape index (κ3) is 2.68. The number of aromatic nitrogens is 2. The van der Waals surface area contributed by atoms with E-state index in [1.165, 1.54) is 6.33 Å². The highest BCUT2D eigenvalue weighted by Gasteiger charge is 2.35. The molecule has 0 spiro atoms. The molecule has 1 aromatic carbocycles. The van der Waals surface area contributed by atoms with Crippen molar-refractivity contribution in [2.75, 3.05) is 24.6 Å². The Labute approximate surface area is 130 Å². The molecule has 0 saturated carbocycles. The van der Waals surface area contributed by atoms with Crippen LogP contribution in [0.2, 0.25) is 0 Å². The molecule has 1 saturated heterocycles. The zero-order valence-corrected chi connectivity index (χ0v) is 12.9. The SMILES string of the molecule is CCc1ncnc(N2CCOC(C)(c3ccccc3)C2)c1F. The monoisotopic (exact) mass is 301 g/mol. The quantitative estimate of drug-likeness (QED) is 0.873. The van der Waals surface area contributed by atoms with Crippen LogP contribution >= 0.6 is 0 Å². The average Bonchev–Trinajstić information content (AvgIpc) is 2.56. The van der Waals surface area contributed by atoms with Gasteiger partial charge in [0.1, 0.15) is 11.9 Å². The third-order valence-electron chi connectivity index (χ3n) is 4.14. The van der Waals surface area contributed by atoms with Gasteiger partial charge in [0.2, 0.25) is 0 Å². The molecule has 1 aliphatic rings. The van der Waals surface area contributed by atoms with Crippen molar-refractivity contribution in [2.24, 2.45) is 0 Å². The van der Waals surface area contributed by atoms with Gasteiger partial charge in [0.15, 0.2) is 11.6 Å². The van der Waals surface area contributed by atoms with Gasteiger partial charge in [-0.3, -0.25) is 0 Å². The van der Waals surface area contributed by atoms with Gasteiger partial charge in [0.05, 0.1) is 18.8 Å². The maximum absolute atomic E-state index is 14.5. The lowest BCUT2D eigenvalue weighted by Crippen LogP contribution is -2.49. The summed E-state index contributed by atoms with van der Waals surface area (Å²) < 4.78 is 20.5. The Balaban J connectivity index is 1.91. The first kappa shape index (κ1) is 14.9. The second-order valence-electron chi connectivity index (χ2n) is 5.68. The lowest BCUT2D eigenvalue weighted by molar-refractivity contribution is -0.0469.